The van der Waals surface area contributed by atoms with Crippen LogP contribution in [0.15, 0.2) is 36.4 Å². The van der Waals surface area contributed by atoms with E-state index < -0.39 is 6.10 Å². The molecule has 1 atom stereocenters. The SMILES string of the molecule is [CH2]C(OCc1ccc(Cl)cc1Cl)c1ccc(Cl)cc1Cl. The van der Waals surface area contributed by atoms with Crippen molar-refractivity contribution in [1.82, 2.24) is 0 Å². The summed E-state index contributed by atoms with van der Waals surface area (Å²) in [4.78, 5) is 0. The van der Waals surface area contributed by atoms with Crippen LogP contribution in [0.4, 0.5) is 0 Å². The van der Waals surface area contributed by atoms with Gasteiger partial charge < -0.3 is 4.74 Å². The minimum absolute atomic E-state index is 0.323. The molecule has 1 nitrogen and oxygen atoms in total. The Kier molecular flexibility index (Phi) is 5.59. The van der Waals surface area contributed by atoms with Gasteiger partial charge in [-0.2, -0.15) is 0 Å². The van der Waals surface area contributed by atoms with Gasteiger partial charge in [-0.25, -0.2) is 0 Å². The first-order chi connectivity index (χ1) is 9.47. The molecule has 1 radical (unpaired) electrons. The molecule has 0 aliphatic heterocycles. The Morgan fingerprint density at radius 3 is 2.10 bits per heavy atom. The van der Waals surface area contributed by atoms with E-state index >= 15 is 0 Å². The maximum Gasteiger partial charge on any atom is 0.0845 e. The van der Waals surface area contributed by atoms with Gasteiger partial charge in [-0.05, 0) is 42.3 Å². The van der Waals surface area contributed by atoms with E-state index in [1.165, 1.54) is 0 Å². The van der Waals surface area contributed by atoms with Crippen molar-refractivity contribution in [2.24, 2.45) is 0 Å². The van der Waals surface area contributed by atoms with E-state index in [0.717, 1.165) is 11.1 Å². The summed E-state index contributed by atoms with van der Waals surface area (Å²) in [7, 11) is 0. The van der Waals surface area contributed by atoms with E-state index in [0.29, 0.717) is 26.7 Å². The van der Waals surface area contributed by atoms with Crippen molar-refractivity contribution < 1.29 is 4.74 Å². The van der Waals surface area contributed by atoms with Crippen molar-refractivity contribution in [2.75, 3.05) is 0 Å². The highest BCUT2D eigenvalue weighted by molar-refractivity contribution is 6.35. The molecule has 0 spiro atoms. The van der Waals surface area contributed by atoms with Crippen molar-refractivity contribution in [3.8, 4) is 0 Å². The lowest BCUT2D eigenvalue weighted by atomic mass is 10.1. The van der Waals surface area contributed by atoms with E-state index in [-0.39, 0.29) is 0 Å². The highest BCUT2D eigenvalue weighted by atomic mass is 35.5. The van der Waals surface area contributed by atoms with Crippen molar-refractivity contribution in [1.29, 1.82) is 0 Å². The van der Waals surface area contributed by atoms with Gasteiger partial charge in [-0.3, -0.25) is 0 Å². The fourth-order valence-electron chi connectivity index (χ4n) is 1.68. The molecule has 2 aromatic carbocycles. The topological polar surface area (TPSA) is 9.23 Å². The van der Waals surface area contributed by atoms with E-state index in [9.17, 15) is 0 Å². The minimum Gasteiger partial charge on any atom is -0.369 e. The smallest absolute Gasteiger partial charge is 0.0845 e. The van der Waals surface area contributed by atoms with E-state index in [1.54, 1.807) is 30.3 Å². The summed E-state index contributed by atoms with van der Waals surface area (Å²) in [6.45, 7) is 4.26. The molecule has 0 amide bonds. The average Bonchev–Trinajstić information content (AvgIpc) is 2.37. The van der Waals surface area contributed by atoms with Gasteiger partial charge in [0.25, 0.3) is 0 Å². The lowest BCUT2D eigenvalue weighted by Gasteiger charge is -2.15. The van der Waals surface area contributed by atoms with Crippen LogP contribution in [0.1, 0.15) is 17.2 Å². The predicted octanol–water partition coefficient (Wildman–Crippen LogP) is 6.39. The Morgan fingerprint density at radius 2 is 1.50 bits per heavy atom. The van der Waals surface area contributed by atoms with Gasteiger partial charge in [0.1, 0.15) is 0 Å². The van der Waals surface area contributed by atoms with Crippen LogP contribution in [0.25, 0.3) is 0 Å². The van der Waals surface area contributed by atoms with Crippen LogP contribution in [0.2, 0.25) is 20.1 Å². The quantitative estimate of drug-likeness (QED) is 0.621. The third-order valence-electron chi connectivity index (χ3n) is 2.76. The van der Waals surface area contributed by atoms with E-state index in [1.807, 2.05) is 6.07 Å². The lowest BCUT2D eigenvalue weighted by molar-refractivity contribution is 0.0701. The number of benzene rings is 2. The van der Waals surface area contributed by atoms with Crippen LogP contribution in [-0.2, 0) is 11.3 Å². The molecule has 2 aromatic rings. The molecule has 105 valence electrons. The van der Waals surface area contributed by atoms with Crippen LogP contribution in [0, 0.1) is 6.92 Å². The largest absolute Gasteiger partial charge is 0.369 e. The average molecular weight is 349 g/mol. The molecular formula is C15H11Cl4O. The summed E-state index contributed by atoms with van der Waals surface area (Å²) in [5.74, 6) is 0. The zero-order valence-electron chi connectivity index (χ0n) is 10.4. The Bertz CT molecular complexity index is 613. The fourth-order valence-corrected chi connectivity index (χ4v) is 2.67. The Hall–Kier alpha value is -0.440. The molecule has 0 aliphatic rings. The van der Waals surface area contributed by atoms with Gasteiger partial charge in [0.2, 0.25) is 0 Å². The molecule has 0 aliphatic carbocycles. The molecule has 0 aromatic heterocycles. The first-order valence-corrected chi connectivity index (χ1v) is 7.32. The Morgan fingerprint density at radius 1 is 0.900 bits per heavy atom. The van der Waals surface area contributed by atoms with Crippen molar-refractivity contribution >= 4 is 46.4 Å². The number of ether oxygens (including phenoxy) is 1. The molecule has 0 bridgehead atoms. The van der Waals surface area contributed by atoms with Crippen LogP contribution < -0.4 is 0 Å². The summed E-state index contributed by atoms with van der Waals surface area (Å²) in [6.07, 6.45) is -0.411. The minimum atomic E-state index is -0.411. The molecule has 1 unspecified atom stereocenters. The second-order valence-electron chi connectivity index (χ2n) is 4.20. The maximum absolute atomic E-state index is 6.11. The standard InChI is InChI=1S/C15H11Cl4O/c1-9(13-5-4-12(17)7-15(13)19)20-8-10-2-3-11(16)6-14(10)18/h2-7,9H,1,8H2. The Balaban J connectivity index is 2.06. The van der Waals surface area contributed by atoms with Crippen LogP contribution in [0.3, 0.4) is 0 Å². The molecule has 2 rings (SSSR count). The number of halogens is 4. The molecular weight excluding hydrogens is 338 g/mol. The highest BCUT2D eigenvalue weighted by Gasteiger charge is 2.12. The summed E-state index contributed by atoms with van der Waals surface area (Å²) in [5, 5.41) is 2.25. The lowest BCUT2D eigenvalue weighted by Crippen LogP contribution is -2.02. The van der Waals surface area contributed by atoms with E-state index in [2.05, 4.69) is 6.92 Å². The molecule has 0 saturated heterocycles. The van der Waals surface area contributed by atoms with Gasteiger partial charge in [-0.1, -0.05) is 58.5 Å². The van der Waals surface area contributed by atoms with Gasteiger partial charge in [0.05, 0.1) is 12.7 Å². The molecule has 0 heterocycles. The number of hydrogen-bond acceptors (Lipinski definition) is 1. The van der Waals surface area contributed by atoms with Crippen LogP contribution in [-0.4, -0.2) is 0 Å². The Labute approximate surface area is 138 Å². The van der Waals surface area contributed by atoms with Crippen molar-refractivity contribution in [3.05, 3.63) is 74.5 Å². The molecule has 0 saturated carbocycles. The molecule has 5 heteroatoms. The summed E-state index contributed by atoms with van der Waals surface area (Å²) >= 11 is 23.9. The van der Waals surface area contributed by atoms with Crippen LogP contribution in [0.5, 0.6) is 0 Å². The summed E-state index contributed by atoms with van der Waals surface area (Å²) in [6, 6.07) is 10.5. The summed E-state index contributed by atoms with van der Waals surface area (Å²) in [5.41, 5.74) is 1.62. The van der Waals surface area contributed by atoms with Gasteiger partial charge in [-0.15, -0.1) is 0 Å². The fraction of sp³-hybridized carbons (Fsp3) is 0.133. The molecule has 20 heavy (non-hydrogen) atoms. The maximum atomic E-state index is 6.11. The van der Waals surface area contributed by atoms with Gasteiger partial charge in [0.15, 0.2) is 0 Å². The first kappa shape index (κ1) is 15.9. The van der Waals surface area contributed by atoms with Gasteiger partial charge >= 0.3 is 0 Å². The normalized spacial score (nSPS) is 12.4. The number of rotatable bonds is 4. The van der Waals surface area contributed by atoms with Crippen LogP contribution >= 0.6 is 46.4 Å². The molecule has 0 N–H and O–H groups in total. The third-order valence-corrected chi connectivity index (χ3v) is 3.91. The second-order valence-corrected chi connectivity index (χ2v) is 5.89. The van der Waals surface area contributed by atoms with Gasteiger partial charge in [0, 0.05) is 20.1 Å². The number of hydrogen-bond donors (Lipinski definition) is 0. The van der Waals surface area contributed by atoms with E-state index in [4.69, 9.17) is 51.1 Å². The van der Waals surface area contributed by atoms with Crippen molar-refractivity contribution in [3.63, 3.8) is 0 Å². The predicted molar refractivity (Wildman–Crippen MR) is 85.8 cm³/mol. The molecule has 0 fully saturated rings. The second kappa shape index (κ2) is 7.02. The van der Waals surface area contributed by atoms with Crippen molar-refractivity contribution in [2.45, 2.75) is 12.7 Å². The zero-order valence-corrected chi connectivity index (χ0v) is 13.4. The summed E-state index contributed by atoms with van der Waals surface area (Å²) < 4.78 is 5.69. The third kappa shape index (κ3) is 4.03. The first-order valence-electron chi connectivity index (χ1n) is 5.81. The monoisotopic (exact) mass is 347 g/mol. The zero-order chi connectivity index (χ0) is 14.7. The highest BCUT2D eigenvalue weighted by Crippen LogP contribution is 2.29.